The Kier molecular flexibility index (Phi) is 4.69. The first-order chi connectivity index (χ1) is 9.32. The Balaban J connectivity index is 2.32. The van der Waals surface area contributed by atoms with Crippen LogP contribution in [0.15, 0.2) is 23.1 Å². The Bertz CT molecular complexity index is 623. The summed E-state index contributed by atoms with van der Waals surface area (Å²) in [5.74, 6) is 0.564. The molecule has 1 aliphatic rings. The van der Waals surface area contributed by atoms with Gasteiger partial charge in [0.15, 0.2) is 0 Å². The predicted octanol–water partition coefficient (Wildman–Crippen LogP) is 2.39. The number of nitrogens with two attached hydrogens (primary N) is 1. The van der Waals surface area contributed by atoms with Crippen LogP contribution in [-0.4, -0.2) is 30.8 Å². The summed E-state index contributed by atoms with van der Waals surface area (Å²) in [6.45, 7) is 3.21. The maximum Gasteiger partial charge on any atom is 0.244 e. The number of sulfonamides is 1. The van der Waals surface area contributed by atoms with Gasteiger partial charge in [0.25, 0.3) is 0 Å². The van der Waals surface area contributed by atoms with Gasteiger partial charge >= 0.3 is 0 Å². The Morgan fingerprint density at radius 3 is 2.50 bits per heavy atom. The van der Waals surface area contributed by atoms with Gasteiger partial charge < -0.3 is 5.73 Å². The lowest BCUT2D eigenvalue weighted by Gasteiger charge is -2.29. The topological polar surface area (TPSA) is 63.4 Å². The van der Waals surface area contributed by atoms with Gasteiger partial charge in [-0.1, -0.05) is 36.8 Å². The largest absolute Gasteiger partial charge is 0.389 e. The second-order valence-corrected chi connectivity index (χ2v) is 7.85. The quantitative estimate of drug-likeness (QED) is 0.863. The first-order valence-electron chi connectivity index (χ1n) is 6.42. The van der Waals surface area contributed by atoms with Crippen LogP contribution in [-0.2, 0) is 10.0 Å². The van der Waals surface area contributed by atoms with Crippen molar-refractivity contribution in [2.45, 2.75) is 24.7 Å². The Hall–Kier alpha value is -0.690. The summed E-state index contributed by atoms with van der Waals surface area (Å²) in [6, 6.07) is 4.57. The van der Waals surface area contributed by atoms with E-state index in [9.17, 15) is 8.42 Å². The maximum absolute atomic E-state index is 12.6. The van der Waals surface area contributed by atoms with Gasteiger partial charge in [-0.3, -0.25) is 0 Å². The second-order valence-electron chi connectivity index (χ2n) is 5.10. The molecule has 0 saturated carbocycles. The third-order valence-electron chi connectivity index (χ3n) is 3.58. The van der Waals surface area contributed by atoms with E-state index in [1.165, 1.54) is 16.4 Å². The van der Waals surface area contributed by atoms with Crippen molar-refractivity contribution in [3.8, 4) is 0 Å². The first-order valence-corrected chi connectivity index (χ1v) is 8.64. The minimum atomic E-state index is -3.54. The van der Waals surface area contributed by atoms with Crippen LogP contribution in [0.3, 0.4) is 0 Å². The fourth-order valence-electron chi connectivity index (χ4n) is 2.23. The van der Waals surface area contributed by atoms with Gasteiger partial charge in [0.1, 0.15) is 9.88 Å². The van der Waals surface area contributed by atoms with Crippen molar-refractivity contribution >= 4 is 38.8 Å². The molecule has 1 aliphatic heterocycles. The number of piperidine rings is 1. The lowest BCUT2D eigenvalue weighted by Crippen LogP contribution is -2.38. The van der Waals surface area contributed by atoms with Crippen molar-refractivity contribution in [3.05, 3.63) is 28.8 Å². The van der Waals surface area contributed by atoms with Gasteiger partial charge in [0.05, 0.1) is 5.02 Å². The van der Waals surface area contributed by atoms with E-state index in [0.29, 0.717) is 24.6 Å². The number of benzene rings is 1. The summed E-state index contributed by atoms with van der Waals surface area (Å²) in [5, 5.41) is 0.161. The Labute approximate surface area is 130 Å². The first kappa shape index (κ1) is 15.7. The predicted molar refractivity (Wildman–Crippen MR) is 84.5 cm³/mol. The molecule has 1 saturated heterocycles. The number of hydrogen-bond acceptors (Lipinski definition) is 3. The molecule has 4 nitrogen and oxygen atoms in total. The van der Waals surface area contributed by atoms with Crippen LogP contribution >= 0.6 is 23.8 Å². The molecule has 0 bridgehead atoms. The monoisotopic (exact) mass is 332 g/mol. The summed E-state index contributed by atoms with van der Waals surface area (Å²) in [4.78, 5) is 0.316. The van der Waals surface area contributed by atoms with Crippen LogP contribution in [0.4, 0.5) is 0 Å². The van der Waals surface area contributed by atoms with Crippen molar-refractivity contribution in [2.75, 3.05) is 13.1 Å². The zero-order valence-electron chi connectivity index (χ0n) is 11.2. The number of halogens is 1. The molecule has 1 fully saturated rings. The van der Waals surface area contributed by atoms with Crippen LogP contribution in [0.5, 0.6) is 0 Å². The van der Waals surface area contributed by atoms with E-state index in [1.54, 1.807) is 6.07 Å². The normalized spacial score (nSPS) is 18.1. The average Bonchev–Trinajstić information content (AvgIpc) is 2.38. The van der Waals surface area contributed by atoms with Gasteiger partial charge in [-0.25, -0.2) is 8.42 Å². The molecule has 7 heteroatoms. The zero-order chi connectivity index (χ0) is 14.9. The van der Waals surface area contributed by atoms with Crippen molar-refractivity contribution in [3.63, 3.8) is 0 Å². The maximum atomic E-state index is 12.6. The fourth-order valence-corrected chi connectivity index (χ4v) is 4.34. The molecule has 110 valence electrons. The van der Waals surface area contributed by atoms with Crippen molar-refractivity contribution in [2.24, 2.45) is 11.7 Å². The second kappa shape index (κ2) is 5.97. The smallest absolute Gasteiger partial charge is 0.244 e. The van der Waals surface area contributed by atoms with Crippen molar-refractivity contribution in [1.82, 2.24) is 4.31 Å². The molecule has 2 rings (SSSR count). The molecule has 1 heterocycles. The van der Waals surface area contributed by atoms with Crippen molar-refractivity contribution < 1.29 is 8.42 Å². The molecule has 0 atom stereocenters. The van der Waals surface area contributed by atoms with Crippen LogP contribution in [0.2, 0.25) is 5.02 Å². The highest BCUT2D eigenvalue weighted by atomic mass is 35.5. The third kappa shape index (κ3) is 3.14. The van der Waals surface area contributed by atoms with Crippen molar-refractivity contribution in [1.29, 1.82) is 0 Å². The van der Waals surface area contributed by atoms with Crippen LogP contribution < -0.4 is 5.73 Å². The van der Waals surface area contributed by atoms with E-state index in [4.69, 9.17) is 29.6 Å². The van der Waals surface area contributed by atoms with E-state index >= 15 is 0 Å². The third-order valence-corrected chi connectivity index (χ3v) is 6.19. The lowest BCUT2D eigenvalue weighted by molar-refractivity contribution is 0.288. The Morgan fingerprint density at radius 1 is 1.40 bits per heavy atom. The standard InChI is InChI=1S/C13H17ClN2O2S2/c1-9-4-6-16(7-5-9)20(17,18)12-3-2-10(13(15)19)8-11(12)14/h2-3,8-9H,4-7H2,1H3,(H2,15,19). The molecule has 0 aliphatic carbocycles. The molecule has 0 unspecified atom stereocenters. The minimum Gasteiger partial charge on any atom is -0.389 e. The number of nitrogens with zero attached hydrogens (tertiary/aromatic N) is 1. The van der Waals surface area contributed by atoms with Crippen LogP contribution in [0, 0.1) is 5.92 Å². The summed E-state index contributed by atoms with van der Waals surface area (Å²) < 4.78 is 26.6. The number of hydrogen-bond donors (Lipinski definition) is 1. The van der Waals surface area contributed by atoms with E-state index in [1.807, 2.05) is 0 Å². The molecule has 0 spiro atoms. The summed E-state index contributed by atoms with van der Waals surface area (Å²) >= 11 is 10.9. The van der Waals surface area contributed by atoms with Crippen LogP contribution in [0.25, 0.3) is 0 Å². The lowest BCUT2D eigenvalue weighted by atomic mass is 10.0. The van der Waals surface area contributed by atoms with Gasteiger partial charge in [0.2, 0.25) is 10.0 Å². The summed E-state index contributed by atoms with van der Waals surface area (Å²) in [5.41, 5.74) is 6.08. The molecule has 0 radical (unpaired) electrons. The molecule has 0 amide bonds. The molecule has 2 N–H and O–H groups in total. The van der Waals surface area contributed by atoms with E-state index < -0.39 is 10.0 Å². The molecule has 20 heavy (non-hydrogen) atoms. The highest BCUT2D eigenvalue weighted by Crippen LogP contribution is 2.28. The van der Waals surface area contributed by atoms with E-state index in [0.717, 1.165) is 12.8 Å². The summed E-state index contributed by atoms with van der Waals surface area (Å²) in [6.07, 6.45) is 1.75. The van der Waals surface area contributed by atoms with Gasteiger partial charge in [-0.05, 0) is 30.9 Å². The molecular weight excluding hydrogens is 316 g/mol. The molecule has 0 aromatic heterocycles. The van der Waals surface area contributed by atoms with Gasteiger partial charge in [-0.2, -0.15) is 4.31 Å². The Morgan fingerprint density at radius 2 is 2.00 bits per heavy atom. The van der Waals surface area contributed by atoms with Gasteiger partial charge in [0, 0.05) is 18.7 Å². The summed E-state index contributed by atoms with van der Waals surface area (Å²) in [7, 11) is -3.54. The molecular formula is C13H17ClN2O2S2. The fraction of sp³-hybridized carbons (Fsp3) is 0.462. The highest BCUT2D eigenvalue weighted by Gasteiger charge is 2.29. The molecule has 1 aromatic rings. The number of rotatable bonds is 3. The SMILES string of the molecule is CC1CCN(S(=O)(=O)c2ccc(C(N)=S)cc2Cl)CC1. The zero-order valence-corrected chi connectivity index (χ0v) is 13.6. The van der Waals surface area contributed by atoms with E-state index in [-0.39, 0.29) is 14.9 Å². The average molecular weight is 333 g/mol. The van der Waals surface area contributed by atoms with E-state index in [2.05, 4.69) is 6.92 Å². The van der Waals surface area contributed by atoms with Gasteiger partial charge in [-0.15, -0.1) is 0 Å². The minimum absolute atomic E-state index is 0.119. The highest BCUT2D eigenvalue weighted by molar-refractivity contribution is 7.89. The van der Waals surface area contributed by atoms with Crippen LogP contribution in [0.1, 0.15) is 25.3 Å². The molecule has 1 aromatic carbocycles. The number of thiocarbonyl (C=S) groups is 1.